The number of nitrogens with zero attached hydrogens (tertiary/aromatic N) is 2. The number of hydrogen-bond donors (Lipinski definition) is 1. The van der Waals surface area contributed by atoms with E-state index in [2.05, 4.69) is 0 Å². The van der Waals surface area contributed by atoms with Gasteiger partial charge in [-0.25, -0.2) is 4.57 Å². The van der Waals surface area contributed by atoms with Crippen molar-refractivity contribution in [2.24, 2.45) is 0 Å². The van der Waals surface area contributed by atoms with E-state index in [0.717, 1.165) is 4.57 Å². The standard InChI is InChI=1S/C14H12N2O3/c1-10-7-13(17)16(14(18)12(10)8-15)9-19-11-5-3-2-4-6-11/h2-7,18H,9H2,1H3. The zero-order valence-corrected chi connectivity index (χ0v) is 10.3. The summed E-state index contributed by atoms with van der Waals surface area (Å²) in [6, 6.07) is 12.1. The summed E-state index contributed by atoms with van der Waals surface area (Å²) in [7, 11) is 0. The van der Waals surface area contributed by atoms with Crippen LogP contribution in [0.25, 0.3) is 0 Å². The molecule has 0 amide bonds. The summed E-state index contributed by atoms with van der Waals surface area (Å²) < 4.78 is 6.40. The van der Waals surface area contributed by atoms with Crippen molar-refractivity contribution in [1.29, 1.82) is 5.26 Å². The fourth-order valence-corrected chi connectivity index (χ4v) is 1.67. The van der Waals surface area contributed by atoms with Gasteiger partial charge in [0.05, 0.1) is 0 Å². The lowest BCUT2D eigenvalue weighted by Crippen LogP contribution is -2.23. The molecule has 0 radical (unpaired) electrons. The number of rotatable bonds is 3. The van der Waals surface area contributed by atoms with Crippen LogP contribution in [-0.2, 0) is 6.73 Å². The Morgan fingerprint density at radius 3 is 2.68 bits per heavy atom. The molecule has 0 atom stereocenters. The van der Waals surface area contributed by atoms with E-state index in [1.165, 1.54) is 6.07 Å². The second-order valence-corrected chi connectivity index (χ2v) is 3.99. The molecule has 2 rings (SSSR count). The molecule has 0 unspecified atom stereocenters. The molecule has 0 spiro atoms. The molecule has 0 aliphatic heterocycles. The van der Waals surface area contributed by atoms with Crippen LogP contribution in [0.1, 0.15) is 11.1 Å². The summed E-state index contributed by atoms with van der Waals surface area (Å²) in [5, 5.41) is 18.8. The first-order valence-electron chi connectivity index (χ1n) is 5.65. The third kappa shape index (κ3) is 2.58. The van der Waals surface area contributed by atoms with Crippen LogP contribution in [0.5, 0.6) is 11.6 Å². The summed E-state index contributed by atoms with van der Waals surface area (Å²) in [5.41, 5.74) is 0.113. The van der Waals surface area contributed by atoms with Crippen LogP contribution in [0, 0.1) is 18.3 Å². The van der Waals surface area contributed by atoms with Gasteiger partial charge >= 0.3 is 0 Å². The highest BCUT2D eigenvalue weighted by Gasteiger charge is 2.12. The van der Waals surface area contributed by atoms with E-state index >= 15 is 0 Å². The van der Waals surface area contributed by atoms with E-state index in [4.69, 9.17) is 10.00 Å². The van der Waals surface area contributed by atoms with Crippen molar-refractivity contribution in [2.75, 3.05) is 0 Å². The van der Waals surface area contributed by atoms with Gasteiger partial charge < -0.3 is 9.84 Å². The number of ether oxygens (including phenoxy) is 1. The monoisotopic (exact) mass is 256 g/mol. The third-order valence-electron chi connectivity index (χ3n) is 2.69. The topological polar surface area (TPSA) is 75.2 Å². The average molecular weight is 256 g/mol. The molecule has 5 heteroatoms. The van der Waals surface area contributed by atoms with Crippen molar-refractivity contribution in [3.05, 3.63) is 57.9 Å². The Kier molecular flexibility index (Phi) is 3.53. The van der Waals surface area contributed by atoms with Gasteiger partial charge in [0.1, 0.15) is 17.4 Å². The Balaban J connectivity index is 2.31. The first kappa shape index (κ1) is 12.7. The van der Waals surface area contributed by atoms with Crippen molar-refractivity contribution >= 4 is 0 Å². The van der Waals surface area contributed by atoms with Crippen molar-refractivity contribution in [3.8, 4) is 17.7 Å². The van der Waals surface area contributed by atoms with Gasteiger partial charge in [0, 0.05) is 6.07 Å². The number of para-hydroxylation sites is 1. The maximum Gasteiger partial charge on any atom is 0.256 e. The number of benzene rings is 1. The largest absolute Gasteiger partial charge is 0.493 e. The molecule has 5 nitrogen and oxygen atoms in total. The van der Waals surface area contributed by atoms with Gasteiger partial charge in [-0.2, -0.15) is 5.26 Å². The molecule has 2 aromatic rings. The van der Waals surface area contributed by atoms with Crippen molar-refractivity contribution in [2.45, 2.75) is 13.7 Å². The molecule has 0 aliphatic carbocycles. The second-order valence-electron chi connectivity index (χ2n) is 3.99. The zero-order chi connectivity index (χ0) is 13.8. The minimum absolute atomic E-state index is 0.0799. The summed E-state index contributed by atoms with van der Waals surface area (Å²) in [6.45, 7) is 1.45. The molecule has 1 N–H and O–H groups in total. The van der Waals surface area contributed by atoms with Crippen LogP contribution in [0.15, 0.2) is 41.2 Å². The van der Waals surface area contributed by atoms with Gasteiger partial charge in [-0.1, -0.05) is 18.2 Å². The predicted octanol–water partition coefficient (Wildman–Crippen LogP) is 1.77. The highest BCUT2D eigenvalue weighted by Crippen LogP contribution is 2.18. The SMILES string of the molecule is Cc1cc(=O)n(COc2ccccc2)c(O)c1C#N. The van der Waals surface area contributed by atoms with Crippen LogP contribution in [0.3, 0.4) is 0 Å². The Labute approximate surface area is 109 Å². The lowest BCUT2D eigenvalue weighted by atomic mass is 10.1. The first-order chi connectivity index (χ1) is 9.13. The zero-order valence-electron chi connectivity index (χ0n) is 10.3. The van der Waals surface area contributed by atoms with Crippen molar-refractivity contribution in [1.82, 2.24) is 4.57 Å². The molecule has 1 aromatic heterocycles. The summed E-state index contributed by atoms with van der Waals surface area (Å²) in [6.07, 6.45) is 0. The number of nitriles is 1. The molecule has 0 bridgehead atoms. The molecule has 96 valence electrons. The van der Waals surface area contributed by atoms with Crippen LogP contribution in [0.2, 0.25) is 0 Å². The molecular formula is C14H12N2O3. The van der Waals surface area contributed by atoms with E-state index in [0.29, 0.717) is 11.3 Å². The normalized spacial score (nSPS) is 9.89. The maximum atomic E-state index is 11.8. The van der Waals surface area contributed by atoms with Gasteiger partial charge in [0.25, 0.3) is 5.56 Å². The Morgan fingerprint density at radius 2 is 2.05 bits per heavy atom. The maximum absolute atomic E-state index is 11.8. The van der Waals surface area contributed by atoms with E-state index in [-0.39, 0.29) is 18.2 Å². The fourth-order valence-electron chi connectivity index (χ4n) is 1.67. The first-order valence-corrected chi connectivity index (χ1v) is 5.65. The number of aromatic nitrogens is 1. The molecule has 19 heavy (non-hydrogen) atoms. The van der Waals surface area contributed by atoms with Gasteiger partial charge in [-0.3, -0.25) is 4.79 Å². The summed E-state index contributed by atoms with van der Waals surface area (Å²) >= 11 is 0. The molecule has 0 saturated carbocycles. The van der Waals surface area contributed by atoms with E-state index < -0.39 is 5.56 Å². The summed E-state index contributed by atoms with van der Waals surface area (Å²) in [5.74, 6) is 0.205. The third-order valence-corrected chi connectivity index (χ3v) is 2.69. The minimum atomic E-state index is -0.412. The van der Waals surface area contributed by atoms with Gasteiger partial charge in [0.2, 0.25) is 5.88 Å². The fraction of sp³-hybridized carbons (Fsp3) is 0.143. The summed E-state index contributed by atoms with van der Waals surface area (Å²) in [4.78, 5) is 11.8. The lowest BCUT2D eigenvalue weighted by Gasteiger charge is -2.12. The highest BCUT2D eigenvalue weighted by atomic mass is 16.5. The van der Waals surface area contributed by atoms with Gasteiger partial charge in [-0.15, -0.1) is 0 Å². The number of aromatic hydroxyl groups is 1. The Hall–Kier alpha value is -2.74. The second kappa shape index (κ2) is 5.27. The van der Waals surface area contributed by atoms with Crippen LogP contribution in [-0.4, -0.2) is 9.67 Å². The molecule has 1 aromatic carbocycles. The number of hydrogen-bond acceptors (Lipinski definition) is 4. The molecular weight excluding hydrogens is 244 g/mol. The van der Waals surface area contributed by atoms with E-state index in [1.54, 1.807) is 31.2 Å². The minimum Gasteiger partial charge on any atom is -0.493 e. The number of pyridine rings is 1. The van der Waals surface area contributed by atoms with Crippen LogP contribution >= 0.6 is 0 Å². The van der Waals surface area contributed by atoms with Gasteiger partial charge in [-0.05, 0) is 24.6 Å². The van der Waals surface area contributed by atoms with Crippen LogP contribution in [0.4, 0.5) is 0 Å². The van der Waals surface area contributed by atoms with E-state index in [9.17, 15) is 9.90 Å². The van der Waals surface area contributed by atoms with E-state index in [1.807, 2.05) is 12.1 Å². The molecule has 0 saturated heterocycles. The number of aryl methyl sites for hydroxylation is 1. The van der Waals surface area contributed by atoms with Crippen LogP contribution < -0.4 is 10.3 Å². The molecule has 0 aliphatic rings. The van der Waals surface area contributed by atoms with Crippen molar-refractivity contribution < 1.29 is 9.84 Å². The Morgan fingerprint density at radius 1 is 1.37 bits per heavy atom. The van der Waals surface area contributed by atoms with Crippen molar-refractivity contribution in [3.63, 3.8) is 0 Å². The lowest BCUT2D eigenvalue weighted by molar-refractivity contribution is 0.214. The molecule has 0 fully saturated rings. The highest BCUT2D eigenvalue weighted by molar-refractivity contribution is 5.43. The smallest absolute Gasteiger partial charge is 0.256 e. The van der Waals surface area contributed by atoms with Gasteiger partial charge in [0.15, 0.2) is 6.73 Å². The quantitative estimate of drug-likeness (QED) is 0.908. The average Bonchev–Trinajstić information content (AvgIpc) is 2.39. The molecule has 1 heterocycles. The Bertz CT molecular complexity index is 684. The predicted molar refractivity (Wildman–Crippen MR) is 68.9 cm³/mol.